The van der Waals surface area contributed by atoms with Crippen molar-refractivity contribution in [3.8, 4) is 0 Å². The van der Waals surface area contributed by atoms with E-state index < -0.39 is 23.7 Å². The van der Waals surface area contributed by atoms with Gasteiger partial charge in [0.25, 0.3) is 0 Å². The number of aromatic nitrogens is 2. The molecule has 1 aromatic carbocycles. The van der Waals surface area contributed by atoms with Crippen LogP contribution in [-0.2, 0) is 39.6 Å². The molecule has 4 aliphatic heterocycles. The highest BCUT2D eigenvalue weighted by Gasteiger charge is 2.46. The van der Waals surface area contributed by atoms with Gasteiger partial charge in [0, 0.05) is 81.4 Å². The van der Waals surface area contributed by atoms with Crippen LogP contribution in [0.1, 0.15) is 103 Å². The molecule has 2 aliphatic carbocycles. The Labute approximate surface area is 426 Å². The third-order valence-electron chi connectivity index (χ3n) is 16.8. The lowest BCUT2D eigenvalue weighted by Crippen LogP contribution is -2.59. The van der Waals surface area contributed by atoms with E-state index in [0.717, 1.165) is 69.9 Å². The van der Waals surface area contributed by atoms with E-state index in [0.29, 0.717) is 95.3 Å². The first-order chi connectivity index (χ1) is 35.1. The number of halogens is 3. The van der Waals surface area contributed by atoms with Crippen LogP contribution in [-0.4, -0.2) is 168 Å². The molecule has 0 bridgehead atoms. The summed E-state index contributed by atoms with van der Waals surface area (Å²) in [5, 5.41) is 9.71. The Morgan fingerprint density at radius 2 is 1.63 bits per heavy atom. The van der Waals surface area contributed by atoms with Gasteiger partial charge in [0.15, 0.2) is 0 Å². The van der Waals surface area contributed by atoms with Crippen LogP contribution in [0.25, 0.3) is 10.9 Å². The molecule has 6 aliphatic rings. The van der Waals surface area contributed by atoms with Crippen LogP contribution >= 0.6 is 0 Å². The Balaban J connectivity index is 0.730. The predicted octanol–water partition coefficient (Wildman–Crippen LogP) is 5.44. The minimum Gasteiger partial charge on any atom is -0.379 e. The minimum absolute atomic E-state index is 0.00856. The number of anilines is 1. The van der Waals surface area contributed by atoms with E-state index >= 15 is 0 Å². The van der Waals surface area contributed by atoms with Crippen molar-refractivity contribution in [1.82, 2.24) is 40.2 Å². The van der Waals surface area contributed by atoms with Crippen LogP contribution < -0.4 is 16.0 Å². The number of carbonyl (C=O) groups is 5. The molecule has 1 aromatic heterocycles. The maximum atomic E-state index is 14.1. The number of ether oxygens (including phenoxy) is 2. The van der Waals surface area contributed by atoms with Gasteiger partial charge in [0.05, 0.1) is 68.0 Å². The number of hydrogen-bond donors (Lipinski definition) is 3. The summed E-state index contributed by atoms with van der Waals surface area (Å²) in [7, 11) is 3.86. The second-order valence-corrected chi connectivity index (χ2v) is 21.4. The molecule has 3 N–H and O–H groups in total. The lowest BCUT2D eigenvalue weighted by Gasteiger charge is -2.45. The highest BCUT2D eigenvalue weighted by atomic mass is 19.4. The third kappa shape index (κ3) is 13.2. The Kier molecular flexibility index (Phi) is 18.1. The van der Waals surface area contributed by atoms with Crippen molar-refractivity contribution < 1.29 is 46.6 Å². The van der Waals surface area contributed by atoms with Crippen molar-refractivity contribution in [3.05, 3.63) is 42.4 Å². The SMILES string of the molecule is CC(C)N(C)[C@@H]1CC[C@H](N2CC[C@H](Nc3ncnc4ccc(C(F)(F)F)cc34)C2=O)[C@H](NC(=O)[C@H]2CC[C@@H](C3CCN(C(=O)CCOCCOCCNC(=O)[C@H]4CC(=O)N(C)[C@@H]4C4C=NC=CC4)CC3)CC2)C1. The smallest absolute Gasteiger partial charge is 0.379 e. The first-order valence-corrected chi connectivity index (χ1v) is 26.6. The Morgan fingerprint density at radius 1 is 0.890 bits per heavy atom. The van der Waals surface area contributed by atoms with Gasteiger partial charge in [0.1, 0.15) is 18.2 Å². The Morgan fingerprint density at radius 3 is 2.34 bits per heavy atom. The summed E-state index contributed by atoms with van der Waals surface area (Å²) < 4.78 is 52.2. The summed E-state index contributed by atoms with van der Waals surface area (Å²) in [4.78, 5) is 87.2. The molecule has 7 atom stereocenters. The number of rotatable bonds is 19. The van der Waals surface area contributed by atoms with E-state index in [9.17, 15) is 37.1 Å². The highest BCUT2D eigenvalue weighted by molar-refractivity contribution is 5.94. The number of carbonyl (C=O) groups excluding carboxylic acids is 5. The largest absolute Gasteiger partial charge is 0.416 e. The number of benzene rings is 1. The number of aliphatic imine (C=N–C) groups is 1. The molecule has 8 rings (SSSR count). The van der Waals surface area contributed by atoms with Gasteiger partial charge < -0.3 is 45.0 Å². The molecule has 2 aromatic rings. The average Bonchev–Trinajstić information content (AvgIpc) is 3.91. The quantitative estimate of drug-likeness (QED) is 0.152. The number of piperidine rings is 1. The van der Waals surface area contributed by atoms with Crippen LogP contribution in [0.15, 0.2) is 41.8 Å². The Bertz CT molecular complexity index is 2320. The molecule has 20 heteroatoms. The average molecular weight is 1020 g/mol. The maximum absolute atomic E-state index is 14.1. The lowest BCUT2D eigenvalue weighted by molar-refractivity contribution is -0.137. The third-order valence-corrected chi connectivity index (χ3v) is 16.8. The molecule has 0 spiro atoms. The monoisotopic (exact) mass is 1020 g/mol. The van der Waals surface area contributed by atoms with Gasteiger partial charge in [-0.15, -0.1) is 0 Å². The predicted molar refractivity (Wildman–Crippen MR) is 269 cm³/mol. The minimum atomic E-state index is -4.54. The van der Waals surface area contributed by atoms with Crippen LogP contribution in [0.3, 0.4) is 0 Å². The fourth-order valence-electron chi connectivity index (χ4n) is 12.4. The van der Waals surface area contributed by atoms with Gasteiger partial charge in [-0.3, -0.25) is 29.0 Å². The van der Waals surface area contributed by atoms with E-state index in [4.69, 9.17) is 9.47 Å². The molecule has 5 fully saturated rings. The molecule has 73 heavy (non-hydrogen) atoms. The van der Waals surface area contributed by atoms with Gasteiger partial charge in [-0.25, -0.2) is 9.97 Å². The zero-order valence-electron chi connectivity index (χ0n) is 42.9. The van der Waals surface area contributed by atoms with Crippen molar-refractivity contribution >= 4 is 52.5 Å². The van der Waals surface area contributed by atoms with E-state index in [1.54, 1.807) is 18.1 Å². The van der Waals surface area contributed by atoms with E-state index in [-0.39, 0.29) is 83.2 Å². The molecule has 17 nitrogen and oxygen atoms in total. The standard InChI is InChI=1S/C53H75F3N10O7/c1-33(2)63(3)39-12-14-45(66-23-17-43(52(66)71)61-49-40-28-38(53(54,55)56)11-13-42(40)59-32-60-49)44(29-39)62-50(69)36-9-7-34(8-10-36)35-15-21-65(22-16-35)46(67)18-24-72-26-27-73-25-20-58-51(70)41-30-47(68)64(4)48(41)37-6-5-19-57-31-37/h5,11,13,19,28,31-37,39,41,43-45,48H,6-10,12,14-18,20-27,29-30H2,1-4H3,(H,58,70)(H,62,69)(H,59,60,61)/t34-,36+,37?,39-,41+,43+,44-,45+,48-/m1/s1. The van der Waals surface area contributed by atoms with Gasteiger partial charge >= 0.3 is 6.18 Å². The molecule has 0 radical (unpaired) electrons. The molecular weight excluding hydrogens is 946 g/mol. The number of hydrogen-bond acceptors (Lipinski definition) is 12. The molecule has 1 unspecified atom stereocenters. The van der Waals surface area contributed by atoms with Crippen molar-refractivity contribution in [1.29, 1.82) is 0 Å². The molecular formula is C53H75F3N10O7. The van der Waals surface area contributed by atoms with Gasteiger partial charge in [-0.1, -0.05) is 6.08 Å². The number of fused-ring (bicyclic) bond motifs is 1. The molecule has 3 saturated heterocycles. The zero-order valence-corrected chi connectivity index (χ0v) is 42.9. The first-order valence-electron chi connectivity index (χ1n) is 26.6. The molecule has 5 amide bonds. The highest BCUT2D eigenvalue weighted by Crippen LogP contribution is 2.40. The number of nitrogens with one attached hydrogen (secondary N) is 3. The van der Waals surface area contributed by atoms with Crippen LogP contribution in [0, 0.1) is 29.6 Å². The van der Waals surface area contributed by atoms with Crippen molar-refractivity contribution in [3.63, 3.8) is 0 Å². The van der Waals surface area contributed by atoms with Crippen molar-refractivity contribution in [2.45, 2.75) is 140 Å². The van der Waals surface area contributed by atoms with E-state index in [1.165, 1.54) is 12.4 Å². The maximum Gasteiger partial charge on any atom is 0.416 e. The van der Waals surface area contributed by atoms with E-state index in [1.807, 2.05) is 22.1 Å². The van der Waals surface area contributed by atoms with E-state index in [2.05, 4.69) is 56.7 Å². The fraction of sp³-hybridized carbons (Fsp3) is 0.698. The summed E-state index contributed by atoms with van der Waals surface area (Å²) in [6, 6.07) is 2.50. The first kappa shape index (κ1) is 54.1. The van der Waals surface area contributed by atoms with Crippen LogP contribution in [0.4, 0.5) is 19.0 Å². The molecule has 400 valence electrons. The van der Waals surface area contributed by atoms with Gasteiger partial charge in [-0.2, -0.15) is 13.2 Å². The number of likely N-dealkylation sites (tertiary alicyclic amines) is 3. The summed E-state index contributed by atoms with van der Waals surface area (Å²) in [6.07, 6.45) is 11.6. The second-order valence-electron chi connectivity index (χ2n) is 21.4. The molecule has 5 heterocycles. The van der Waals surface area contributed by atoms with Crippen LogP contribution in [0.2, 0.25) is 0 Å². The van der Waals surface area contributed by atoms with Crippen molar-refractivity contribution in [2.24, 2.45) is 34.6 Å². The molecule has 2 saturated carbocycles. The number of alkyl halides is 3. The fourth-order valence-corrected chi connectivity index (χ4v) is 12.4. The van der Waals surface area contributed by atoms with Crippen molar-refractivity contribution in [2.75, 3.05) is 72.0 Å². The number of nitrogens with zero attached hydrogens (tertiary/aromatic N) is 7. The normalized spacial score (nSPS) is 28.2. The van der Waals surface area contributed by atoms with Gasteiger partial charge in [-0.05, 0) is 122 Å². The van der Waals surface area contributed by atoms with Crippen LogP contribution in [0.5, 0.6) is 0 Å². The summed E-state index contributed by atoms with van der Waals surface area (Å²) >= 11 is 0. The zero-order chi connectivity index (χ0) is 51.8. The summed E-state index contributed by atoms with van der Waals surface area (Å²) in [5.41, 5.74) is -0.468. The second kappa shape index (κ2) is 24.4. The summed E-state index contributed by atoms with van der Waals surface area (Å²) in [6.45, 7) is 7.80. The lowest BCUT2D eigenvalue weighted by atomic mass is 9.72. The topological polar surface area (TPSA) is 191 Å². The van der Waals surface area contributed by atoms with Gasteiger partial charge in [0.2, 0.25) is 29.5 Å². The number of allylic oxidation sites excluding steroid dienone is 1. The summed E-state index contributed by atoms with van der Waals surface area (Å²) in [5.74, 6) is 0.426. The number of amides is 5. The Hall–Kier alpha value is -5.21.